The Bertz CT molecular complexity index is 1030. The van der Waals surface area contributed by atoms with Crippen molar-refractivity contribution in [3.8, 4) is 5.75 Å². The van der Waals surface area contributed by atoms with E-state index in [1.54, 1.807) is 7.11 Å². The summed E-state index contributed by atoms with van der Waals surface area (Å²) >= 11 is 0. The van der Waals surface area contributed by atoms with E-state index in [0.717, 1.165) is 40.0 Å². The van der Waals surface area contributed by atoms with Crippen LogP contribution in [-0.4, -0.2) is 30.2 Å². The molecule has 4 nitrogen and oxygen atoms in total. The molecule has 5 rings (SSSR count). The number of aryl methyl sites for hydroxylation is 3. The highest BCUT2D eigenvalue weighted by Crippen LogP contribution is 2.58. The average molecular weight is 390 g/mol. The van der Waals surface area contributed by atoms with Crippen molar-refractivity contribution in [2.45, 2.75) is 45.3 Å². The van der Waals surface area contributed by atoms with Crippen LogP contribution in [0.5, 0.6) is 5.75 Å². The van der Waals surface area contributed by atoms with Crippen molar-refractivity contribution in [1.29, 1.82) is 0 Å². The van der Waals surface area contributed by atoms with Crippen LogP contribution in [0.3, 0.4) is 0 Å². The van der Waals surface area contributed by atoms with Crippen molar-refractivity contribution in [3.63, 3.8) is 0 Å². The number of allylic oxidation sites excluding steroid dienone is 1. The summed E-state index contributed by atoms with van der Waals surface area (Å²) in [6.07, 6.45) is 0.487. The van der Waals surface area contributed by atoms with E-state index < -0.39 is 0 Å². The van der Waals surface area contributed by atoms with Crippen molar-refractivity contribution in [2.24, 2.45) is 11.8 Å². The maximum atomic E-state index is 13.4. The Morgan fingerprint density at radius 3 is 2.48 bits per heavy atom. The molecular weight excluding hydrogens is 364 g/mol. The van der Waals surface area contributed by atoms with E-state index in [1.165, 1.54) is 0 Å². The van der Waals surface area contributed by atoms with E-state index in [9.17, 15) is 9.90 Å². The average Bonchev–Trinajstić information content (AvgIpc) is 3.34. The summed E-state index contributed by atoms with van der Waals surface area (Å²) in [6, 6.07) is 12.2. The first-order valence-corrected chi connectivity index (χ1v) is 10.3. The molecule has 29 heavy (non-hydrogen) atoms. The molecule has 2 saturated heterocycles. The molecule has 0 radical (unpaired) electrons. The molecule has 2 aromatic rings. The van der Waals surface area contributed by atoms with Gasteiger partial charge in [-0.1, -0.05) is 29.8 Å². The Hall–Kier alpha value is -2.59. The van der Waals surface area contributed by atoms with Crippen LogP contribution in [0.15, 0.2) is 42.2 Å². The van der Waals surface area contributed by atoms with Crippen LogP contribution >= 0.6 is 0 Å². The monoisotopic (exact) mass is 390 g/mol. The Morgan fingerprint density at radius 2 is 1.79 bits per heavy atom. The number of fused-ring (bicyclic) bond motifs is 5. The van der Waals surface area contributed by atoms with Gasteiger partial charge in [0.05, 0.1) is 36.7 Å². The fourth-order valence-corrected chi connectivity index (χ4v) is 5.88. The van der Waals surface area contributed by atoms with Gasteiger partial charge in [-0.05, 0) is 61.6 Å². The normalized spacial score (nSPS) is 30.2. The standard InChI is InChI=1S/C25H26O4/c1-12-8-13(2)19(14(3)9-12)21-23(26)20-18-11-17(25(29-18)22(20)24(21)27)15-6-5-7-16(10-15)28-4/h5-10,17-18,20,22,25,27H,11H2,1-4H3/t17-,18-,20-,22+,25+/m0/s1. The molecule has 0 amide bonds. The lowest BCUT2D eigenvalue weighted by atomic mass is 9.72. The SMILES string of the molecule is COc1cccc([C@@H]2C[C@@H]3O[C@H]2[C@H]2C(O)=C(c4c(C)cc(C)cc4C)C(=O)[C@H]23)c1. The van der Waals surface area contributed by atoms with Crippen molar-refractivity contribution in [3.05, 3.63) is 70.0 Å². The maximum absolute atomic E-state index is 13.4. The molecule has 2 aliphatic heterocycles. The number of carbonyl (C=O) groups excluding carboxylic acids is 1. The van der Waals surface area contributed by atoms with Crippen molar-refractivity contribution in [1.82, 2.24) is 0 Å². The molecular formula is C25H26O4. The van der Waals surface area contributed by atoms with Gasteiger partial charge in [0.2, 0.25) is 0 Å². The van der Waals surface area contributed by atoms with Gasteiger partial charge >= 0.3 is 0 Å². The Labute approximate surface area is 171 Å². The first kappa shape index (κ1) is 18.4. The van der Waals surface area contributed by atoms with Crippen molar-refractivity contribution in [2.75, 3.05) is 7.11 Å². The molecule has 2 heterocycles. The topological polar surface area (TPSA) is 55.8 Å². The van der Waals surface area contributed by atoms with Crippen LogP contribution < -0.4 is 4.74 Å². The molecule has 4 heteroatoms. The molecule has 3 aliphatic rings. The molecule has 0 unspecified atom stereocenters. The fraction of sp³-hybridized carbons (Fsp3) is 0.400. The largest absolute Gasteiger partial charge is 0.511 e. The van der Waals surface area contributed by atoms with E-state index in [0.29, 0.717) is 5.57 Å². The number of methoxy groups -OCH3 is 1. The highest BCUT2D eigenvalue weighted by atomic mass is 16.5. The van der Waals surface area contributed by atoms with Gasteiger partial charge in [-0.2, -0.15) is 0 Å². The highest BCUT2D eigenvalue weighted by molar-refractivity contribution is 6.26. The van der Waals surface area contributed by atoms with E-state index in [4.69, 9.17) is 9.47 Å². The van der Waals surface area contributed by atoms with E-state index in [1.807, 2.05) is 32.0 Å². The van der Waals surface area contributed by atoms with Crippen molar-refractivity contribution >= 4 is 11.4 Å². The van der Waals surface area contributed by atoms with Gasteiger partial charge in [0.15, 0.2) is 5.78 Å². The van der Waals surface area contributed by atoms with E-state index in [2.05, 4.69) is 25.1 Å². The zero-order chi connectivity index (χ0) is 20.4. The summed E-state index contributed by atoms with van der Waals surface area (Å²) in [5.41, 5.74) is 5.79. The summed E-state index contributed by atoms with van der Waals surface area (Å²) in [7, 11) is 1.66. The molecule has 2 fully saturated rings. The number of Topliss-reactive ketones (excluding diaryl/α,β-unsaturated/α-hetero) is 1. The maximum Gasteiger partial charge on any atom is 0.173 e. The number of ether oxygens (including phenoxy) is 2. The van der Waals surface area contributed by atoms with Gasteiger partial charge in [-0.3, -0.25) is 4.79 Å². The lowest BCUT2D eigenvalue weighted by Gasteiger charge is -2.28. The van der Waals surface area contributed by atoms with Gasteiger partial charge in [0.1, 0.15) is 11.5 Å². The molecule has 1 N–H and O–H groups in total. The summed E-state index contributed by atoms with van der Waals surface area (Å²) in [5, 5.41) is 11.2. The molecule has 2 aromatic carbocycles. The summed E-state index contributed by atoms with van der Waals surface area (Å²) in [4.78, 5) is 13.4. The number of aliphatic hydroxyl groups is 1. The van der Waals surface area contributed by atoms with Gasteiger partial charge in [0, 0.05) is 5.92 Å². The van der Waals surface area contributed by atoms with Gasteiger partial charge in [-0.25, -0.2) is 0 Å². The van der Waals surface area contributed by atoms with Crippen LogP contribution in [0, 0.1) is 32.6 Å². The van der Waals surface area contributed by atoms with E-state index >= 15 is 0 Å². The van der Waals surface area contributed by atoms with Gasteiger partial charge < -0.3 is 14.6 Å². The number of benzene rings is 2. The zero-order valence-corrected chi connectivity index (χ0v) is 17.2. The van der Waals surface area contributed by atoms with Crippen LogP contribution in [0.4, 0.5) is 0 Å². The second-order valence-electron chi connectivity index (χ2n) is 8.71. The predicted octanol–water partition coefficient (Wildman–Crippen LogP) is 4.66. The third-order valence-corrected chi connectivity index (χ3v) is 6.93. The number of rotatable bonds is 3. The Kier molecular flexibility index (Phi) is 4.11. The van der Waals surface area contributed by atoms with Crippen molar-refractivity contribution < 1.29 is 19.4 Å². The minimum absolute atomic E-state index is 0.0409. The summed E-state index contributed by atoms with van der Waals surface area (Å²) in [5.74, 6) is 0.709. The molecule has 5 atom stereocenters. The highest BCUT2D eigenvalue weighted by Gasteiger charge is 2.62. The lowest BCUT2D eigenvalue weighted by Crippen LogP contribution is -2.33. The van der Waals surface area contributed by atoms with E-state index in [-0.39, 0.29) is 41.5 Å². The molecule has 0 spiro atoms. The number of hydrogen-bond donors (Lipinski definition) is 1. The first-order chi connectivity index (χ1) is 13.9. The molecule has 2 bridgehead atoms. The Balaban J connectivity index is 1.56. The second-order valence-corrected chi connectivity index (χ2v) is 8.71. The summed E-state index contributed by atoms with van der Waals surface area (Å²) < 4.78 is 11.6. The lowest BCUT2D eigenvalue weighted by molar-refractivity contribution is -0.118. The first-order valence-electron chi connectivity index (χ1n) is 10.3. The minimum Gasteiger partial charge on any atom is -0.511 e. The third-order valence-electron chi connectivity index (χ3n) is 6.93. The van der Waals surface area contributed by atoms with Crippen LogP contribution in [0.2, 0.25) is 0 Å². The minimum atomic E-state index is -0.267. The molecule has 1 aliphatic carbocycles. The number of ketones is 1. The van der Waals surface area contributed by atoms with Crippen LogP contribution in [-0.2, 0) is 9.53 Å². The Morgan fingerprint density at radius 1 is 1.07 bits per heavy atom. The molecule has 0 saturated carbocycles. The van der Waals surface area contributed by atoms with Crippen LogP contribution in [0.1, 0.15) is 40.2 Å². The van der Waals surface area contributed by atoms with Gasteiger partial charge in [-0.15, -0.1) is 0 Å². The zero-order valence-electron chi connectivity index (χ0n) is 17.2. The predicted molar refractivity (Wildman–Crippen MR) is 111 cm³/mol. The smallest absolute Gasteiger partial charge is 0.173 e. The number of hydrogen-bond acceptors (Lipinski definition) is 4. The van der Waals surface area contributed by atoms with Crippen LogP contribution in [0.25, 0.3) is 5.57 Å². The fourth-order valence-electron chi connectivity index (χ4n) is 5.88. The third kappa shape index (κ3) is 2.58. The quantitative estimate of drug-likeness (QED) is 0.828. The number of aliphatic hydroxyl groups excluding tert-OH is 1. The molecule has 0 aromatic heterocycles. The summed E-state index contributed by atoms with van der Waals surface area (Å²) in [6.45, 7) is 6.08. The second kappa shape index (κ2) is 6.46. The molecule has 150 valence electrons. The number of carbonyl (C=O) groups is 1. The van der Waals surface area contributed by atoms with Gasteiger partial charge in [0.25, 0.3) is 0 Å².